The normalized spacial score (nSPS) is 25.0. The highest BCUT2D eigenvalue weighted by Gasteiger charge is 2.46. The maximum atomic E-state index is 10.5. The molecule has 0 aliphatic carbocycles. The molecule has 7 N–H and O–H groups in total. The molecule has 12 heteroatoms. The average Bonchev–Trinajstić information content (AvgIpc) is 2.94. The third-order valence-electron chi connectivity index (χ3n) is 6.31. The van der Waals surface area contributed by atoms with E-state index < -0.39 is 56.1 Å². The summed E-state index contributed by atoms with van der Waals surface area (Å²) in [6, 6.07) is 9.48. The van der Waals surface area contributed by atoms with Crippen molar-refractivity contribution >= 4 is 0 Å². The second-order valence-corrected chi connectivity index (χ2v) is 8.84. The van der Waals surface area contributed by atoms with Crippen LogP contribution in [-0.4, -0.2) is 107 Å². The fourth-order valence-corrected chi connectivity index (χ4v) is 4.18. The molecule has 1 fully saturated rings. The third kappa shape index (κ3) is 6.84. The van der Waals surface area contributed by atoms with Crippen molar-refractivity contribution in [1.29, 1.82) is 0 Å². The van der Waals surface area contributed by atoms with Crippen molar-refractivity contribution in [2.24, 2.45) is 0 Å². The molecule has 1 aliphatic rings. The minimum atomic E-state index is -1.70. The molecular weight excluding hydrogens is 504 g/mol. The van der Waals surface area contributed by atoms with Crippen LogP contribution in [0.2, 0.25) is 0 Å². The van der Waals surface area contributed by atoms with Gasteiger partial charge in [-0.3, -0.25) is 0 Å². The summed E-state index contributed by atoms with van der Waals surface area (Å²) < 4.78 is 28.3. The van der Waals surface area contributed by atoms with E-state index in [9.17, 15) is 30.6 Å². The largest absolute Gasteiger partial charge is 0.504 e. The highest BCUT2D eigenvalue weighted by Crippen LogP contribution is 2.37. The van der Waals surface area contributed by atoms with Crippen LogP contribution >= 0.6 is 0 Å². The van der Waals surface area contributed by atoms with Crippen molar-refractivity contribution in [3.63, 3.8) is 0 Å². The molecule has 0 saturated carbocycles. The summed E-state index contributed by atoms with van der Waals surface area (Å²) in [6.45, 7) is -1.19. The Morgan fingerprint density at radius 3 is 2.24 bits per heavy atom. The Morgan fingerprint density at radius 1 is 0.868 bits per heavy atom. The number of ether oxygens (including phenoxy) is 5. The first kappa shape index (κ1) is 29.9. The van der Waals surface area contributed by atoms with Crippen LogP contribution in [0.25, 0.3) is 0 Å². The van der Waals surface area contributed by atoms with Gasteiger partial charge in [-0.15, -0.1) is 0 Å². The van der Waals surface area contributed by atoms with E-state index in [-0.39, 0.29) is 23.9 Å². The standard InChI is InChI=1S/C26H36O12/c1-34-18-11-15(6-7-16(18)30)25(38-26-24(33)23(32)22(31)20(12-28)37-26)21(13-29)36-17-8-5-14(4-3-9-27)10-19(17)35-2/h5-8,10-11,20-33H,3-4,9,12-13H2,1-2H3/t20-,21?,22-,23+,24-,25?,26+/m1/s1. The van der Waals surface area contributed by atoms with Gasteiger partial charge >= 0.3 is 0 Å². The van der Waals surface area contributed by atoms with Crippen LogP contribution in [0, 0.1) is 0 Å². The van der Waals surface area contributed by atoms with Gasteiger partial charge in [0.2, 0.25) is 0 Å². The molecule has 2 unspecified atom stereocenters. The summed E-state index contributed by atoms with van der Waals surface area (Å²) in [5.41, 5.74) is 1.26. The number of aryl methyl sites for hydroxylation is 1. The molecule has 1 saturated heterocycles. The van der Waals surface area contributed by atoms with Gasteiger partial charge in [0.05, 0.1) is 27.4 Å². The third-order valence-corrected chi connectivity index (χ3v) is 6.31. The lowest BCUT2D eigenvalue weighted by molar-refractivity contribution is -0.318. The topological polar surface area (TPSA) is 188 Å². The Hall–Kier alpha value is -2.68. The van der Waals surface area contributed by atoms with Crippen molar-refractivity contribution < 1.29 is 59.4 Å². The second kappa shape index (κ2) is 13.9. The molecule has 212 valence electrons. The Balaban J connectivity index is 1.96. The van der Waals surface area contributed by atoms with Crippen LogP contribution in [0.3, 0.4) is 0 Å². The molecule has 3 rings (SSSR count). The van der Waals surface area contributed by atoms with Crippen molar-refractivity contribution in [1.82, 2.24) is 0 Å². The van der Waals surface area contributed by atoms with Crippen LogP contribution in [0.1, 0.15) is 23.7 Å². The quantitative estimate of drug-likeness (QED) is 0.175. The maximum Gasteiger partial charge on any atom is 0.187 e. The predicted molar refractivity (Wildman–Crippen MR) is 132 cm³/mol. The molecule has 2 aromatic carbocycles. The zero-order valence-corrected chi connectivity index (χ0v) is 21.2. The van der Waals surface area contributed by atoms with E-state index >= 15 is 0 Å². The molecule has 12 nitrogen and oxygen atoms in total. The molecule has 0 spiro atoms. The van der Waals surface area contributed by atoms with Crippen LogP contribution in [0.5, 0.6) is 23.0 Å². The second-order valence-electron chi connectivity index (χ2n) is 8.84. The maximum absolute atomic E-state index is 10.5. The van der Waals surface area contributed by atoms with E-state index in [0.29, 0.717) is 24.2 Å². The van der Waals surface area contributed by atoms with Gasteiger partial charge in [0.15, 0.2) is 35.4 Å². The first-order valence-electron chi connectivity index (χ1n) is 12.2. The van der Waals surface area contributed by atoms with E-state index in [1.165, 1.54) is 32.4 Å². The zero-order chi connectivity index (χ0) is 27.8. The highest BCUT2D eigenvalue weighted by atomic mass is 16.7. The van der Waals surface area contributed by atoms with Crippen LogP contribution in [0.15, 0.2) is 36.4 Å². The van der Waals surface area contributed by atoms with Gasteiger partial charge < -0.3 is 59.4 Å². The Morgan fingerprint density at radius 2 is 1.61 bits per heavy atom. The molecule has 0 radical (unpaired) electrons. The SMILES string of the molecule is COc1cc(C(O[C@@H]2O[C@H](CO)[C@@H](O)[C@H](O)[C@H]2O)C(CO)Oc2ccc(CCCO)cc2OC)ccc1O. The lowest BCUT2D eigenvalue weighted by Gasteiger charge is -2.41. The first-order valence-corrected chi connectivity index (χ1v) is 12.2. The number of rotatable bonds is 13. The molecule has 7 atom stereocenters. The van der Waals surface area contributed by atoms with E-state index in [1.807, 2.05) is 0 Å². The van der Waals surface area contributed by atoms with Crippen LogP contribution < -0.4 is 14.2 Å². The van der Waals surface area contributed by atoms with Crippen LogP contribution in [0.4, 0.5) is 0 Å². The number of benzene rings is 2. The number of phenols is 1. The summed E-state index contributed by atoms with van der Waals surface area (Å²) in [5.74, 6) is 0.595. The molecule has 1 aliphatic heterocycles. The summed E-state index contributed by atoms with van der Waals surface area (Å²) in [6.07, 6.45) is -8.82. The number of aliphatic hydroxyl groups is 6. The van der Waals surface area contributed by atoms with Gasteiger partial charge in [-0.1, -0.05) is 12.1 Å². The minimum Gasteiger partial charge on any atom is -0.504 e. The fraction of sp³-hybridized carbons (Fsp3) is 0.538. The lowest BCUT2D eigenvalue weighted by atomic mass is 9.98. The number of phenolic OH excluding ortho intramolecular Hbond substituents is 1. The first-order chi connectivity index (χ1) is 18.3. The monoisotopic (exact) mass is 540 g/mol. The van der Waals surface area contributed by atoms with Gasteiger partial charge in [-0.2, -0.15) is 0 Å². The van der Waals surface area contributed by atoms with E-state index in [2.05, 4.69) is 0 Å². The number of hydrogen-bond donors (Lipinski definition) is 7. The van der Waals surface area contributed by atoms with E-state index in [4.69, 9.17) is 28.8 Å². The van der Waals surface area contributed by atoms with E-state index in [0.717, 1.165) is 5.56 Å². The van der Waals surface area contributed by atoms with Crippen molar-refractivity contribution in [3.8, 4) is 23.0 Å². The van der Waals surface area contributed by atoms with E-state index in [1.54, 1.807) is 18.2 Å². The molecular formula is C26H36O12. The highest BCUT2D eigenvalue weighted by molar-refractivity contribution is 5.44. The molecule has 2 aromatic rings. The Labute approximate surface area is 220 Å². The molecule has 0 aromatic heterocycles. The number of methoxy groups -OCH3 is 2. The number of aliphatic hydroxyl groups excluding tert-OH is 6. The average molecular weight is 541 g/mol. The van der Waals surface area contributed by atoms with Gasteiger partial charge in [-0.05, 0) is 48.2 Å². The van der Waals surface area contributed by atoms with Gasteiger partial charge in [0.1, 0.15) is 30.5 Å². The molecule has 1 heterocycles. The van der Waals surface area contributed by atoms with Gasteiger partial charge in [-0.25, -0.2) is 0 Å². The van der Waals surface area contributed by atoms with Gasteiger partial charge in [0, 0.05) is 6.61 Å². The van der Waals surface area contributed by atoms with Crippen molar-refractivity contribution in [2.75, 3.05) is 34.0 Å². The van der Waals surface area contributed by atoms with Crippen molar-refractivity contribution in [2.45, 2.75) is 55.8 Å². The summed E-state index contributed by atoms with van der Waals surface area (Å²) >= 11 is 0. The number of aromatic hydroxyl groups is 1. The van der Waals surface area contributed by atoms with Crippen molar-refractivity contribution in [3.05, 3.63) is 47.5 Å². The lowest BCUT2D eigenvalue weighted by Crippen LogP contribution is -2.59. The smallest absolute Gasteiger partial charge is 0.187 e. The number of hydrogen-bond acceptors (Lipinski definition) is 12. The van der Waals surface area contributed by atoms with Crippen LogP contribution in [-0.2, 0) is 15.9 Å². The summed E-state index contributed by atoms with van der Waals surface area (Å²) in [5, 5.41) is 69.9. The fourth-order valence-electron chi connectivity index (χ4n) is 4.18. The molecule has 38 heavy (non-hydrogen) atoms. The summed E-state index contributed by atoms with van der Waals surface area (Å²) in [7, 11) is 2.81. The van der Waals surface area contributed by atoms with Gasteiger partial charge in [0.25, 0.3) is 0 Å². The Kier molecular flexibility index (Phi) is 10.9. The Bertz CT molecular complexity index is 1020. The predicted octanol–water partition coefficient (Wildman–Crippen LogP) is -0.368. The minimum absolute atomic E-state index is 0.0419. The molecule has 0 bridgehead atoms. The summed E-state index contributed by atoms with van der Waals surface area (Å²) in [4.78, 5) is 0. The molecule has 0 amide bonds. The zero-order valence-electron chi connectivity index (χ0n) is 21.2.